The van der Waals surface area contributed by atoms with Gasteiger partial charge in [0, 0.05) is 17.1 Å². The van der Waals surface area contributed by atoms with Gasteiger partial charge in [-0.3, -0.25) is 0 Å². The second-order valence-corrected chi connectivity index (χ2v) is 7.30. The summed E-state index contributed by atoms with van der Waals surface area (Å²) in [6, 6.07) is 4.50. The summed E-state index contributed by atoms with van der Waals surface area (Å²) >= 11 is 3.28. The van der Waals surface area contributed by atoms with Crippen molar-refractivity contribution in [1.82, 2.24) is 5.32 Å². The SMILES string of the molecule is O=S1(=O)CC[C@@H](NCc2ccc(F)cc2Br)C1. The van der Waals surface area contributed by atoms with Crippen molar-refractivity contribution in [1.29, 1.82) is 0 Å². The number of hydrogen-bond acceptors (Lipinski definition) is 3. The van der Waals surface area contributed by atoms with Crippen LogP contribution in [0.3, 0.4) is 0 Å². The molecule has 1 aliphatic heterocycles. The molecule has 0 aliphatic carbocycles. The van der Waals surface area contributed by atoms with Crippen molar-refractivity contribution >= 4 is 25.8 Å². The molecule has 1 N–H and O–H groups in total. The van der Waals surface area contributed by atoms with Gasteiger partial charge in [0.1, 0.15) is 5.82 Å². The summed E-state index contributed by atoms with van der Waals surface area (Å²) in [5.41, 5.74) is 0.927. The van der Waals surface area contributed by atoms with Crippen molar-refractivity contribution in [2.75, 3.05) is 11.5 Å². The molecule has 0 bridgehead atoms. The number of hydrogen-bond donors (Lipinski definition) is 1. The second kappa shape index (κ2) is 5.04. The molecule has 1 heterocycles. The Kier molecular flexibility index (Phi) is 3.85. The highest BCUT2D eigenvalue weighted by Gasteiger charge is 2.27. The monoisotopic (exact) mass is 321 g/mol. The first kappa shape index (κ1) is 13.0. The fourth-order valence-corrected chi connectivity index (χ4v) is 4.07. The quantitative estimate of drug-likeness (QED) is 0.924. The lowest BCUT2D eigenvalue weighted by Gasteiger charge is -2.11. The summed E-state index contributed by atoms with van der Waals surface area (Å²) < 4.78 is 36.1. The van der Waals surface area contributed by atoms with Gasteiger partial charge in [0.15, 0.2) is 9.84 Å². The van der Waals surface area contributed by atoms with Crippen LogP contribution >= 0.6 is 15.9 Å². The van der Waals surface area contributed by atoms with E-state index in [0.29, 0.717) is 17.4 Å². The molecule has 0 amide bonds. The molecule has 1 aromatic rings. The van der Waals surface area contributed by atoms with Crippen LogP contribution in [0.1, 0.15) is 12.0 Å². The maximum absolute atomic E-state index is 12.9. The van der Waals surface area contributed by atoms with Gasteiger partial charge in [0.25, 0.3) is 0 Å². The topological polar surface area (TPSA) is 46.2 Å². The van der Waals surface area contributed by atoms with E-state index in [4.69, 9.17) is 0 Å². The smallest absolute Gasteiger partial charge is 0.151 e. The van der Waals surface area contributed by atoms with Crippen molar-refractivity contribution in [3.8, 4) is 0 Å². The van der Waals surface area contributed by atoms with Gasteiger partial charge in [0.05, 0.1) is 11.5 Å². The lowest BCUT2D eigenvalue weighted by Crippen LogP contribution is -2.29. The first-order chi connectivity index (χ1) is 7.96. The normalized spacial score (nSPS) is 22.8. The van der Waals surface area contributed by atoms with Gasteiger partial charge in [-0.15, -0.1) is 0 Å². The van der Waals surface area contributed by atoms with Gasteiger partial charge in [-0.25, -0.2) is 12.8 Å². The molecule has 0 unspecified atom stereocenters. The van der Waals surface area contributed by atoms with Crippen molar-refractivity contribution in [2.24, 2.45) is 0 Å². The average Bonchev–Trinajstić information content (AvgIpc) is 2.57. The molecule has 1 fully saturated rings. The molecular weight excluding hydrogens is 309 g/mol. The van der Waals surface area contributed by atoms with Gasteiger partial charge < -0.3 is 5.32 Å². The molecule has 6 heteroatoms. The minimum atomic E-state index is -2.85. The second-order valence-electron chi connectivity index (χ2n) is 4.22. The molecule has 1 saturated heterocycles. The molecule has 0 radical (unpaired) electrons. The summed E-state index contributed by atoms with van der Waals surface area (Å²) in [5, 5.41) is 3.18. The van der Waals surface area contributed by atoms with Crippen LogP contribution in [0.2, 0.25) is 0 Å². The van der Waals surface area contributed by atoms with Gasteiger partial charge in [0.2, 0.25) is 0 Å². The predicted octanol–water partition coefficient (Wildman–Crippen LogP) is 1.86. The maximum atomic E-state index is 12.9. The summed E-state index contributed by atoms with van der Waals surface area (Å²) in [6.07, 6.45) is 0.654. The molecule has 2 rings (SSSR count). The molecule has 17 heavy (non-hydrogen) atoms. The molecule has 3 nitrogen and oxygen atoms in total. The lowest BCUT2D eigenvalue weighted by molar-refractivity contribution is 0.552. The number of halogens is 2. The van der Waals surface area contributed by atoms with Crippen LogP contribution in [-0.2, 0) is 16.4 Å². The highest BCUT2D eigenvalue weighted by molar-refractivity contribution is 9.10. The molecule has 0 spiro atoms. The van der Waals surface area contributed by atoms with Crippen LogP contribution in [-0.4, -0.2) is 26.0 Å². The van der Waals surface area contributed by atoms with E-state index < -0.39 is 9.84 Å². The Labute approximate surface area is 108 Å². The third kappa shape index (κ3) is 3.50. The number of rotatable bonds is 3. The molecule has 0 aromatic heterocycles. The minimum absolute atomic E-state index is 0.0111. The van der Waals surface area contributed by atoms with Gasteiger partial charge in [-0.2, -0.15) is 0 Å². The zero-order chi connectivity index (χ0) is 12.5. The molecule has 1 aromatic carbocycles. The molecule has 0 saturated carbocycles. The van der Waals surface area contributed by atoms with Crippen molar-refractivity contribution < 1.29 is 12.8 Å². The van der Waals surface area contributed by atoms with Crippen LogP contribution in [0.15, 0.2) is 22.7 Å². The average molecular weight is 322 g/mol. The van der Waals surface area contributed by atoms with Crippen molar-refractivity contribution in [2.45, 2.75) is 19.0 Å². The minimum Gasteiger partial charge on any atom is -0.309 e. The van der Waals surface area contributed by atoms with E-state index in [1.807, 2.05) is 0 Å². The van der Waals surface area contributed by atoms with Gasteiger partial charge in [-0.05, 0) is 24.1 Å². The fraction of sp³-hybridized carbons (Fsp3) is 0.455. The van der Waals surface area contributed by atoms with E-state index in [9.17, 15) is 12.8 Å². The summed E-state index contributed by atoms with van der Waals surface area (Å²) in [7, 11) is -2.85. The maximum Gasteiger partial charge on any atom is 0.151 e. The van der Waals surface area contributed by atoms with Crippen LogP contribution in [0.25, 0.3) is 0 Å². The Hall–Kier alpha value is -0.460. The zero-order valence-corrected chi connectivity index (χ0v) is 11.5. The Morgan fingerprint density at radius 1 is 1.47 bits per heavy atom. The van der Waals surface area contributed by atoms with Gasteiger partial charge in [-0.1, -0.05) is 22.0 Å². The van der Waals surface area contributed by atoms with E-state index in [2.05, 4.69) is 21.2 Å². The van der Waals surface area contributed by atoms with Crippen LogP contribution in [0.4, 0.5) is 4.39 Å². The van der Waals surface area contributed by atoms with Crippen molar-refractivity contribution in [3.05, 3.63) is 34.1 Å². The van der Waals surface area contributed by atoms with Crippen LogP contribution in [0.5, 0.6) is 0 Å². The lowest BCUT2D eigenvalue weighted by atomic mass is 10.2. The third-order valence-electron chi connectivity index (χ3n) is 2.83. The first-order valence-electron chi connectivity index (χ1n) is 5.34. The Morgan fingerprint density at radius 2 is 2.24 bits per heavy atom. The van der Waals surface area contributed by atoms with Crippen molar-refractivity contribution in [3.63, 3.8) is 0 Å². The van der Waals surface area contributed by atoms with E-state index in [1.54, 1.807) is 6.07 Å². The standard InChI is InChI=1S/C11H13BrFNO2S/c12-11-5-9(13)2-1-8(11)6-14-10-3-4-17(15,16)7-10/h1-2,5,10,14H,3-4,6-7H2/t10-/m1/s1. The molecule has 1 atom stereocenters. The number of benzene rings is 1. The van der Waals surface area contributed by atoms with E-state index in [1.165, 1.54) is 12.1 Å². The Balaban J connectivity index is 1.95. The number of sulfone groups is 1. The fourth-order valence-electron chi connectivity index (χ4n) is 1.88. The van der Waals surface area contributed by atoms with Gasteiger partial charge >= 0.3 is 0 Å². The highest BCUT2D eigenvalue weighted by atomic mass is 79.9. The molecule has 94 valence electrons. The summed E-state index contributed by atoms with van der Waals surface area (Å²) in [6.45, 7) is 0.543. The highest BCUT2D eigenvalue weighted by Crippen LogP contribution is 2.19. The van der Waals surface area contributed by atoms with E-state index >= 15 is 0 Å². The first-order valence-corrected chi connectivity index (χ1v) is 7.95. The summed E-state index contributed by atoms with van der Waals surface area (Å²) in [4.78, 5) is 0. The molecule has 1 aliphatic rings. The Bertz CT molecular complexity index is 518. The van der Waals surface area contributed by atoms with E-state index in [0.717, 1.165) is 5.56 Å². The zero-order valence-electron chi connectivity index (χ0n) is 9.12. The van der Waals surface area contributed by atoms with Crippen LogP contribution in [0, 0.1) is 5.82 Å². The number of nitrogens with one attached hydrogen (secondary N) is 1. The molecular formula is C11H13BrFNO2S. The Morgan fingerprint density at radius 3 is 2.82 bits per heavy atom. The largest absolute Gasteiger partial charge is 0.309 e. The summed E-state index contributed by atoms with van der Waals surface area (Å²) in [5.74, 6) is 0.171. The predicted molar refractivity (Wildman–Crippen MR) is 68.0 cm³/mol. The van der Waals surface area contributed by atoms with Crippen LogP contribution < -0.4 is 5.32 Å². The third-order valence-corrected chi connectivity index (χ3v) is 5.33. The van der Waals surface area contributed by atoms with E-state index in [-0.39, 0.29) is 23.4 Å².